The lowest BCUT2D eigenvalue weighted by atomic mass is 10.1. The van der Waals surface area contributed by atoms with E-state index in [1.165, 1.54) is 4.68 Å². The van der Waals surface area contributed by atoms with Gasteiger partial charge in [-0.25, -0.2) is 0 Å². The van der Waals surface area contributed by atoms with Crippen LogP contribution >= 0.6 is 12.2 Å². The highest BCUT2D eigenvalue weighted by Gasteiger charge is 2.49. The van der Waals surface area contributed by atoms with Crippen LogP contribution in [0.25, 0.3) is 0 Å². The first-order chi connectivity index (χ1) is 14.9. The number of thiocarbonyl (C=S) groups is 1. The molecule has 1 aromatic heterocycles. The average Bonchev–Trinajstić information content (AvgIpc) is 3.48. The van der Waals surface area contributed by atoms with Crippen LogP contribution in [0.15, 0.2) is 28.8 Å². The largest absolute Gasteiger partial charge is 0.539 e. The smallest absolute Gasteiger partial charge is 0.252 e. The molecule has 1 aliphatic heterocycles. The second-order valence-electron chi connectivity index (χ2n) is 7.51. The van der Waals surface area contributed by atoms with E-state index >= 15 is 0 Å². The Morgan fingerprint density at radius 3 is 2.68 bits per heavy atom. The summed E-state index contributed by atoms with van der Waals surface area (Å²) in [5, 5.41) is 18.7. The van der Waals surface area contributed by atoms with Gasteiger partial charge in [-0.3, -0.25) is 14.5 Å². The lowest BCUT2D eigenvalue weighted by molar-refractivity contribution is -0.746. The third-order valence-corrected chi connectivity index (χ3v) is 5.71. The molecular formula is C20H23N5O5S. The molecule has 1 aromatic carbocycles. The Hall–Kier alpha value is -3.21. The van der Waals surface area contributed by atoms with Crippen molar-refractivity contribution in [1.29, 1.82) is 0 Å². The van der Waals surface area contributed by atoms with Gasteiger partial charge in [-0.05, 0) is 56.2 Å². The maximum Gasteiger partial charge on any atom is 0.252 e. The van der Waals surface area contributed by atoms with E-state index in [-0.39, 0.29) is 36.5 Å². The van der Waals surface area contributed by atoms with E-state index in [1.54, 1.807) is 41.1 Å². The lowest BCUT2D eigenvalue weighted by Gasteiger charge is -2.22. The van der Waals surface area contributed by atoms with Crippen molar-refractivity contribution in [3.63, 3.8) is 0 Å². The minimum absolute atomic E-state index is 0.0353. The number of hydrogen-bond donors (Lipinski definition) is 1. The van der Waals surface area contributed by atoms with Crippen molar-refractivity contribution in [2.45, 2.75) is 44.8 Å². The molecule has 11 heteroatoms. The zero-order valence-corrected chi connectivity index (χ0v) is 18.1. The molecule has 2 heterocycles. The summed E-state index contributed by atoms with van der Waals surface area (Å²) in [6, 6.07) is 6.25. The minimum Gasteiger partial charge on any atom is -0.539 e. The molecule has 1 atom stereocenters. The molecule has 1 unspecified atom stereocenters. The Morgan fingerprint density at radius 1 is 1.39 bits per heavy atom. The number of rotatable bonds is 8. The van der Waals surface area contributed by atoms with Crippen molar-refractivity contribution in [2.24, 2.45) is 7.05 Å². The Morgan fingerprint density at radius 2 is 2.10 bits per heavy atom. The van der Waals surface area contributed by atoms with Crippen LogP contribution in [0.4, 0.5) is 5.69 Å². The number of nitrogens with zero attached hydrogens (tertiary/aromatic N) is 4. The van der Waals surface area contributed by atoms with E-state index in [4.69, 9.17) is 17.0 Å². The number of carbonyl (C=O) groups is 2. The molecule has 0 bridgehead atoms. The minimum atomic E-state index is -0.801. The molecule has 1 saturated carbocycles. The zero-order chi connectivity index (χ0) is 22.1. The van der Waals surface area contributed by atoms with E-state index in [2.05, 4.69) is 15.1 Å². The van der Waals surface area contributed by atoms with E-state index < -0.39 is 12.0 Å². The number of hydrogen-bond acceptors (Lipinski definition) is 7. The zero-order valence-electron chi connectivity index (χ0n) is 17.2. The molecule has 164 valence electrons. The second kappa shape index (κ2) is 8.50. The van der Waals surface area contributed by atoms with Crippen LogP contribution in [0.3, 0.4) is 0 Å². The van der Waals surface area contributed by atoms with Crippen molar-refractivity contribution >= 4 is 34.8 Å². The SMILES string of the molecule is CCOc1ccc(NC(=O)CC2C(=O)N(C3CC3)C(=S)N2Cc2c([O-])on[n+]2C)cc1. The van der Waals surface area contributed by atoms with Gasteiger partial charge >= 0.3 is 0 Å². The maximum atomic E-state index is 13.1. The number of aromatic nitrogens is 2. The summed E-state index contributed by atoms with van der Waals surface area (Å²) >= 11 is 5.54. The fraction of sp³-hybridized carbons (Fsp3) is 0.450. The first-order valence-electron chi connectivity index (χ1n) is 10.1. The van der Waals surface area contributed by atoms with Gasteiger partial charge in [0.05, 0.1) is 18.3 Å². The second-order valence-corrected chi connectivity index (χ2v) is 7.87. The van der Waals surface area contributed by atoms with Gasteiger partial charge in [-0.15, -0.1) is 0 Å². The molecule has 2 amide bonds. The van der Waals surface area contributed by atoms with Crippen LogP contribution in [-0.2, 0) is 23.2 Å². The highest BCUT2D eigenvalue weighted by Crippen LogP contribution is 2.35. The number of benzene rings is 1. The summed E-state index contributed by atoms with van der Waals surface area (Å²) in [6.45, 7) is 2.48. The van der Waals surface area contributed by atoms with Gasteiger partial charge in [0, 0.05) is 11.7 Å². The van der Waals surface area contributed by atoms with E-state index in [0.717, 1.165) is 12.8 Å². The Bertz CT molecular complexity index is 984. The Kier molecular flexibility index (Phi) is 5.77. The predicted molar refractivity (Wildman–Crippen MR) is 110 cm³/mol. The summed E-state index contributed by atoms with van der Waals surface area (Å²) < 4.78 is 11.4. The van der Waals surface area contributed by atoms with Crippen LogP contribution in [-0.4, -0.2) is 50.7 Å². The van der Waals surface area contributed by atoms with Crippen LogP contribution in [0.2, 0.25) is 0 Å². The highest BCUT2D eigenvalue weighted by molar-refractivity contribution is 7.80. The van der Waals surface area contributed by atoms with Crippen LogP contribution < -0.4 is 19.8 Å². The van der Waals surface area contributed by atoms with Gasteiger partial charge in [0.15, 0.2) is 18.1 Å². The molecular weight excluding hydrogens is 422 g/mol. The third kappa shape index (κ3) is 4.31. The number of amides is 2. The van der Waals surface area contributed by atoms with Gasteiger partial charge in [0.2, 0.25) is 5.91 Å². The number of nitrogens with one attached hydrogen (secondary N) is 1. The summed E-state index contributed by atoms with van der Waals surface area (Å²) in [5.41, 5.74) is 0.851. The molecule has 0 spiro atoms. The Labute approximate surface area is 184 Å². The average molecular weight is 446 g/mol. The first kappa shape index (κ1) is 21.0. The lowest BCUT2D eigenvalue weighted by Crippen LogP contribution is -2.42. The summed E-state index contributed by atoms with van der Waals surface area (Å²) in [6.07, 6.45) is 1.65. The fourth-order valence-corrected chi connectivity index (χ4v) is 3.98. The van der Waals surface area contributed by atoms with Crippen molar-refractivity contribution < 1.29 is 28.6 Å². The van der Waals surface area contributed by atoms with Crippen LogP contribution in [0.1, 0.15) is 31.9 Å². The highest BCUT2D eigenvalue weighted by atomic mass is 32.1. The third-order valence-electron chi connectivity index (χ3n) is 5.28. The molecule has 31 heavy (non-hydrogen) atoms. The van der Waals surface area contributed by atoms with Gasteiger partial charge < -0.3 is 24.6 Å². The summed E-state index contributed by atoms with van der Waals surface area (Å²) in [7, 11) is 1.58. The number of carbonyl (C=O) groups excluding carboxylic acids is 2. The topological polar surface area (TPSA) is 115 Å². The van der Waals surface area contributed by atoms with Gasteiger partial charge in [0.25, 0.3) is 11.6 Å². The molecule has 2 fully saturated rings. The van der Waals surface area contributed by atoms with E-state index in [1.807, 2.05) is 6.92 Å². The fourth-order valence-electron chi connectivity index (χ4n) is 3.55. The quantitative estimate of drug-likeness (QED) is 0.460. The molecule has 10 nitrogen and oxygen atoms in total. The molecule has 1 N–H and O–H groups in total. The van der Waals surface area contributed by atoms with Crippen molar-refractivity contribution in [2.75, 3.05) is 11.9 Å². The first-order valence-corrected chi connectivity index (χ1v) is 10.5. The van der Waals surface area contributed by atoms with Gasteiger partial charge in [-0.2, -0.15) is 0 Å². The molecule has 4 rings (SSSR count). The summed E-state index contributed by atoms with van der Waals surface area (Å²) in [4.78, 5) is 29.0. The summed E-state index contributed by atoms with van der Waals surface area (Å²) in [5.74, 6) is -0.441. The normalized spacial score (nSPS) is 18.6. The number of anilines is 1. The van der Waals surface area contributed by atoms with Crippen LogP contribution in [0.5, 0.6) is 11.7 Å². The van der Waals surface area contributed by atoms with Crippen molar-refractivity contribution in [1.82, 2.24) is 15.1 Å². The number of aryl methyl sites for hydroxylation is 1. The van der Waals surface area contributed by atoms with Crippen LogP contribution in [0, 0.1) is 0 Å². The molecule has 2 aliphatic rings. The van der Waals surface area contributed by atoms with E-state index in [0.29, 0.717) is 23.2 Å². The molecule has 1 aliphatic carbocycles. The van der Waals surface area contributed by atoms with Gasteiger partial charge in [-0.1, -0.05) is 4.68 Å². The van der Waals surface area contributed by atoms with Crippen molar-refractivity contribution in [3.8, 4) is 11.7 Å². The number of ether oxygens (including phenoxy) is 1. The molecule has 2 aromatic rings. The molecule has 1 saturated heterocycles. The monoisotopic (exact) mass is 445 g/mol. The van der Waals surface area contributed by atoms with Gasteiger partial charge in [0.1, 0.15) is 18.3 Å². The molecule has 0 radical (unpaired) electrons. The standard InChI is InChI=1S/C20H23N5O5S/c1-3-29-14-8-4-12(5-9-14)21-17(26)10-15-18(27)25(13-6-7-13)20(31)24(15)11-16-19(28)30-22-23(16)2/h4-5,8-9,13,15H,3,6-7,10-11H2,1-2H3,(H-,21,22,26,28). The maximum absolute atomic E-state index is 13.1. The van der Waals surface area contributed by atoms with E-state index in [9.17, 15) is 14.7 Å². The Balaban J connectivity index is 1.50. The predicted octanol–water partition coefficient (Wildman–Crippen LogP) is 0.460. The van der Waals surface area contributed by atoms with Crippen molar-refractivity contribution in [3.05, 3.63) is 30.0 Å².